The smallest absolute Gasteiger partial charge is 0.0580 e. The first-order valence-electron chi connectivity index (χ1n) is 2.90. The van der Waals surface area contributed by atoms with Gasteiger partial charge in [-0.2, -0.15) is 0 Å². The monoisotopic (exact) mass is 162 g/mol. The zero-order valence-electron chi connectivity index (χ0n) is 5.14. The van der Waals surface area contributed by atoms with Crippen LogP contribution < -0.4 is 0 Å². The Kier molecular flexibility index (Phi) is 2.20. The molecule has 1 aliphatic carbocycles. The van der Waals surface area contributed by atoms with Gasteiger partial charge in [-0.1, -0.05) is 30.7 Å². The fourth-order valence-electron chi connectivity index (χ4n) is 0.758. The van der Waals surface area contributed by atoms with Gasteiger partial charge in [0.2, 0.25) is 0 Å². The van der Waals surface area contributed by atoms with Gasteiger partial charge in [-0.05, 0) is 12.0 Å². The highest BCUT2D eigenvalue weighted by Gasteiger charge is 2.11. The maximum atomic E-state index is 5.84. The molecule has 0 saturated carbocycles. The molecule has 0 nitrogen and oxygen atoms in total. The van der Waals surface area contributed by atoms with Crippen LogP contribution in [0, 0.1) is 5.92 Å². The molecular weight excluding hydrogens is 155 g/mol. The standard InChI is InChI=1S/C7H8Cl2/c1-5-4-6(8)2-3-7(5)9/h2-5,7H,1H3. The van der Waals surface area contributed by atoms with E-state index in [1.807, 2.05) is 25.2 Å². The van der Waals surface area contributed by atoms with Crippen LogP contribution in [0.5, 0.6) is 0 Å². The molecule has 0 heterocycles. The fraction of sp³-hybridized carbons (Fsp3) is 0.429. The van der Waals surface area contributed by atoms with E-state index in [2.05, 4.69) is 0 Å². The minimum Gasteiger partial charge on any atom is -0.118 e. The quantitative estimate of drug-likeness (QED) is 0.481. The highest BCUT2D eigenvalue weighted by molar-refractivity contribution is 6.31. The first kappa shape index (κ1) is 7.17. The van der Waals surface area contributed by atoms with E-state index in [1.54, 1.807) is 0 Å². The van der Waals surface area contributed by atoms with Gasteiger partial charge in [-0.25, -0.2) is 0 Å². The summed E-state index contributed by atoms with van der Waals surface area (Å²) < 4.78 is 0. The molecule has 0 spiro atoms. The van der Waals surface area contributed by atoms with E-state index >= 15 is 0 Å². The molecule has 0 saturated heterocycles. The Morgan fingerprint density at radius 3 is 2.67 bits per heavy atom. The van der Waals surface area contributed by atoms with Gasteiger partial charge in [-0.3, -0.25) is 0 Å². The number of rotatable bonds is 0. The van der Waals surface area contributed by atoms with Gasteiger partial charge in [0, 0.05) is 5.03 Å². The van der Waals surface area contributed by atoms with Gasteiger partial charge in [0.1, 0.15) is 0 Å². The zero-order chi connectivity index (χ0) is 6.85. The third-order valence-electron chi connectivity index (χ3n) is 1.36. The predicted molar refractivity (Wildman–Crippen MR) is 41.9 cm³/mol. The van der Waals surface area contributed by atoms with E-state index in [9.17, 15) is 0 Å². The Labute approximate surface area is 65.2 Å². The van der Waals surface area contributed by atoms with Crippen LogP contribution in [-0.2, 0) is 0 Å². The van der Waals surface area contributed by atoms with Crippen LogP contribution in [0.1, 0.15) is 6.92 Å². The average molecular weight is 163 g/mol. The van der Waals surface area contributed by atoms with Crippen LogP contribution in [0.3, 0.4) is 0 Å². The van der Waals surface area contributed by atoms with Crippen LogP contribution in [0.25, 0.3) is 0 Å². The second-order valence-electron chi connectivity index (χ2n) is 2.21. The predicted octanol–water partition coefficient (Wildman–Crippen LogP) is 2.92. The summed E-state index contributed by atoms with van der Waals surface area (Å²) in [7, 11) is 0. The van der Waals surface area contributed by atoms with Crippen molar-refractivity contribution in [3.05, 3.63) is 23.3 Å². The Hall–Kier alpha value is 0.0600. The van der Waals surface area contributed by atoms with Crippen molar-refractivity contribution >= 4 is 23.2 Å². The van der Waals surface area contributed by atoms with Crippen molar-refractivity contribution in [2.24, 2.45) is 5.92 Å². The van der Waals surface area contributed by atoms with Crippen molar-refractivity contribution < 1.29 is 0 Å². The third-order valence-corrected chi connectivity index (χ3v) is 2.16. The van der Waals surface area contributed by atoms with Crippen molar-refractivity contribution in [3.63, 3.8) is 0 Å². The molecule has 2 unspecified atom stereocenters. The minimum atomic E-state index is 0.118. The van der Waals surface area contributed by atoms with Crippen molar-refractivity contribution in [1.82, 2.24) is 0 Å². The molecule has 0 aromatic rings. The van der Waals surface area contributed by atoms with E-state index in [1.165, 1.54) is 0 Å². The van der Waals surface area contributed by atoms with E-state index < -0.39 is 0 Å². The Morgan fingerprint density at radius 2 is 2.22 bits per heavy atom. The largest absolute Gasteiger partial charge is 0.118 e. The fourth-order valence-corrected chi connectivity index (χ4v) is 1.17. The summed E-state index contributed by atoms with van der Waals surface area (Å²) in [6.07, 6.45) is 5.70. The first-order chi connectivity index (χ1) is 4.20. The van der Waals surface area contributed by atoms with Gasteiger partial charge >= 0.3 is 0 Å². The third kappa shape index (κ3) is 1.74. The van der Waals surface area contributed by atoms with E-state index in [4.69, 9.17) is 23.2 Å². The Morgan fingerprint density at radius 1 is 1.56 bits per heavy atom. The average Bonchev–Trinajstić information content (AvgIpc) is 1.80. The Bertz CT molecular complexity index is 158. The highest BCUT2D eigenvalue weighted by atomic mass is 35.5. The van der Waals surface area contributed by atoms with E-state index in [0.717, 1.165) is 5.03 Å². The van der Waals surface area contributed by atoms with Crippen molar-refractivity contribution in [2.75, 3.05) is 0 Å². The number of hydrogen-bond acceptors (Lipinski definition) is 0. The van der Waals surface area contributed by atoms with Gasteiger partial charge in [-0.15, -0.1) is 11.6 Å². The summed E-state index contributed by atoms with van der Waals surface area (Å²) in [4.78, 5) is 0. The molecule has 0 fully saturated rings. The van der Waals surface area contributed by atoms with Crippen molar-refractivity contribution in [3.8, 4) is 0 Å². The second-order valence-corrected chi connectivity index (χ2v) is 3.15. The zero-order valence-corrected chi connectivity index (χ0v) is 6.65. The van der Waals surface area contributed by atoms with E-state index in [0.29, 0.717) is 5.92 Å². The lowest BCUT2D eigenvalue weighted by Crippen LogP contribution is -2.08. The summed E-state index contributed by atoms with van der Waals surface area (Å²) in [5.74, 6) is 0.365. The number of allylic oxidation sites excluding steroid dienone is 4. The lowest BCUT2D eigenvalue weighted by atomic mass is 10.0. The topological polar surface area (TPSA) is 0 Å². The lowest BCUT2D eigenvalue weighted by molar-refractivity contribution is 0.742. The first-order valence-corrected chi connectivity index (χ1v) is 3.71. The van der Waals surface area contributed by atoms with Crippen LogP contribution in [0.4, 0.5) is 0 Å². The van der Waals surface area contributed by atoms with Crippen molar-refractivity contribution in [2.45, 2.75) is 12.3 Å². The van der Waals surface area contributed by atoms with Crippen LogP contribution in [0.15, 0.2) is 23.3 Å². The maximum Gasteiger partial charge on any atom is 0.0580 e. The summed E-state index contributed by atoms with van der Waals surface area (Å²) in [5, 5.41) is 0.909. The van der Waals surface area contributed by atoms with Crippen LogP contribution in [-0.4, -0.2) is 5.38 Å². The van der Waals surface area contributed by atoms with Crippen LogP contribution in [0.2, 0.25) is 0 Å². The second kappa shape index (κ2) is 2.76. The molecule has 50 valence electrons. The molecule has 1 rings (SSSR count). The van der Waals surface area contributed by atoms with E-state index in [-0.39, 0.29) is 5.38 Å². The van der Waals surface area contributed by atoms with Crippen LogP contribution >= 0.6 is 23.2 Å². The van der Waals surface area contributed by atoms with Gasteiger partial charge in [0.25, 0.3) is 0 Å². The van der Waals surface area contributed by atoms with Gasteiger partial charge in [0.15, 0.2) is 0 Å². The summed E-state index contributed by atoms with van der Waals surface area (Å²) in [6, 6.07) is 0. The maximum absolute atomic E-state index is 5.84. The minimum absolute atomic E-state index is 0.118. The molecular formula is C7H8Cl2. The molecule has 0 aromatic heterocycles. The summed E-state index contributed by atoms with van der Waals surface area (Å²) in [5.41, 5.74) is 0. The number of hydrogen-bond donors (Lipinski definition) is 0. The summed E-state index contributed by atoms with van der Waals surface area (Å²) >= 11 is 11.5. The molecule has 2 atom stereocenters. The number of alkyl halides is 1. The van der Waals surface area contributed by atoms with Gasteiger partial charge in [0.05, 0.1) is 5.38 Å². The molecule has 0 aromatic carbocycles. The lowest BCUT2D eigenvalue weighted by Gasteiger charge is -2.13. The SMILES string of the molecule is CC1C=C(Cl)C=CC1Cl. The molecule has 0 radical (unpaired) electrons. The molecule has 1 aliphatic rings. The van der Waals surface area contributed by atoms with Crippen molar-refractivity contribution in [1.29, 1.82) is 0 Å². The van der Waals surface area contributed by atoms with Gasteiger partial charge < -0.3 is 0 Å². The molecule has 0 N–H and O–H groups in total. The summed E-state index contributed by atoms with van der Waals surface area (Å²) in [6.45, 7) is 2.05. The molecule has 9 heavy (non-hydrogen) atoms. The molecule has 0 amide bonds. The molecule has 0 bridgehead atoms. The Balaban J connectivity index is 2.70. The molecule has 2 heteroatoms. The highest BCUT2D eigenvalue weighted by Crippen LogP contribution is 2.22. The normalized spacial score (nSPS) is 34.3. The number of halogens is 2. The molecule has 0 aliphatic heterocycles.